The third-order valence-electron chi connectivity index (χ3n) is 20.0. The van der Waals surface area contributed by atoms with Crippen molar-refractivity contribution in [3.05, 3.63) is 0 Å². The van der Waals surface area contributed by atoms with Crippen LogP contribution >= 0.6 is 15.6 Å². The summed E-state index contributed by atoms with van der Waals surface area (Å²) in [7, 11) is -9.93. The number of ether oxygens (including phenoxy) is 4. The summed E-state index contributed by atoms with van der Waals surface area (Å²) in [6.07, 6.45) is 68.1. The molecule has 0 fully saturated rings. The van der Waals surface area contributed by atoms with Crippen LogP contribution in [0.15, 0.2) is 0 Å². The lowest BCUT2D eigenvalue weighted by molar-refractivity contribution is -0.161. The van der Waals surface area contributed by atoms with Crippen molar-refractivity contribution in [1.29, 1.82) is 0 Å². The van der Waals surface area contributed by atoms with Crippen LogP contribution in [0.3, 0.4) is 0 Å². The second-order valence-corrected chi connectivity index (χ2v) is 34.4. The Labute approximate surface area is 638 Å². The highest BCUT2D eigenvalue weighted by atomic mass is 31.2. The standard InChI is InChI=1S/C85H166O17P2/c1-7-9-11-13-15-17-19-21-23-25-27-31-35-39-43-49-55-61-67-82(87)95-73-80(101-84(89)69-64-58-51-45-41-37-33-29-30-34-38-42-47-53-59-65-77(3)4)75-99-103(91,92)97-71-79(86)72-98-104(93,94)100-76-81(74-96-83(88)68-62-56-52-46-48-54-60-66-78(5)6)102-85(90)70-63-57-50-44-40-36-32-28-26-24-22-20-18-16-14-12-10-8-2/h77-81,86H,7-76H2,1-6H3,(H,91,92)(H,93,94)/t79-,80-,81-/m1/s1. The van der Waals surface area contributed by atoms with Crippen molar-refractivity contribution in [2.75, 3.05) is 39.6 Å². The van der Waals surface area contributed by atoms with Gasteiger partial charge in [-0.05, 0) is 37.5 Å². The van der Waals surface area contributed by atoms with E-state index in [4.69, 9.17) is 37.0 Å². The first-order valence-electron chi connectivity index (χ1n) is 44.0. The van der Waals surface area contributed by atoms with Crippen LogP contribution in [-0.4, -0.2) is 96.7 Å². The summed E-state index contributed by atoms with van der Waals surface area (Å²) in [5.41, 5.74) is 0. The van der Waals surface area contributed by atoms with E-state index in [9.17, 15) is 43.2 Å². The first kappa shape index (κ1) is 102. The highest BCUT2D eigenvalue weighted by Crippen LogP contribution is 2.45. The maximum Gasteiger partial charge on any atom is 0.472 e. The van der Waals surface area contributed by atoms with E-state index in [1.807, 2.05) is 0 Å². The first-order chi connectivity index (χ1) is 50.4. The molecule has 0 aliphatic heterocycles. The van der Waals surface area contributed by atoms with Crippen LogP contribution in [0.5, 0.6) is 0 Å². The number of esters is 4. The molecular formula is C85H166O17P2. The first-order valence-corrected chi connectivity index (χ1v) is 47.0. The molecule has 0 aromatic carbocycles. The number of unbranched alkanes of at least 4 members (excludes halogenated alkanes) is 54. The van der Waals surface area contributed by atoms with Gasteiger partial charge in [0, 0.05) is 25.7 Å². The molecule has 0 radical (unpaired) electrons. The lowest BCUT2D eigenvalue weighted by atomic mass is 10.0. The Kier molecular flexibility index (Phi) is 75.0. The van der Waals surface area contributed by atoms with E-state index < -0.39 is 97.5 Å². The molecule has 0 heterocycles. The van der Waals surface area contributed by atoms with Crippen molar-refractivity contribution in [2.45, 2.75) is 471 Å². The van der Waals surface area contributed by atoms with Crippen LogP contribution in [0.4, 0.5) is 0 Å². The molecule has 0 rings (SSSR count). The van der Waals surface area contributed by atoms with E-state index in [0.29, 0.717) is 31.6 Å². The average molecular weight is 1520 g/mol. The minimum atomic E-state index is -4.96. The Bertz CT molecular complexity index is 1990. The molecule has 5 atom stereocenters. The molecular weight excluding hydrogens is 1350 g/mol. The topological polar surface area (TPSA) is 237 Å². The SMILES string of the molecule is CCCCCCCCCCCCCCCCCCCCC(=O)OC[C@H](COP(=O)(O)OC[C@@H](O)COP(=O)(O)OC[C@@H](COC(=O)CCCCCCCCCC(C)C)OC(=O)CCCCCCCCCCCCCCCCCCCC)OC(=O)CCCCCCCCCCCCCCCCCC(C)C. The normalized spacial score (nSPS) is 13.8. The summed E-state index contributed by atoms with van der Waals surface area (Å²) in [6, 6.07) is 0. The fourth-order valence-corrected chi connectivity index (χ4v) is 14.8. The molecule has 2 unspecified atom stereocenters. The molecule has 104 heavy (non-hydrogen) atoms. The number of phosphoric ester groups is 2. The number of carbonyl (C=O) groups excluding carboxylic acids is 4. The summed E-state index contributed by atoms with van der Waals surface area (Å²) < 4.78 is 68.9. The molecule has 0 amide bonds. The number of carbonyl (C=O) groups is 4. The van der Waals surface area contributed by atoms with Gasteiger partial charge in [0.25, 0.3) is 0 Å². The van der Waals surface area contributed by atoms with Crippen LogP contribution < -0.4 is 0 Å². The van der Waals surface area contributed by atoms with E-state index >= 15 is 0 Å². The lowest BCUT2D eigenvalue weighted by Crippen LogP contribution is -2.30. The molecule has 0 saturated carbocycles. The van der Waals surface area contributed by atoms with Crippen LogP contribution in [0.2, 0.25) is 0 Å². The van der Waals surface area contributed by atoms with Gasteiger partial charge in [-0.3, -0.25) is 37.3 Å². The van der Waals surface area contributed by atoms with Gasteiger partial charge in [-0.15, -0.1) is 0 Å². The molecule has 0 aliphatic carbocycles. The Morgan fingerprint density at radius 1 is 0.260 bits per heavy atom. The van der Waals surface area contributed by atoms with Gasteiger partial charge in [-0.1, -0.05) is 401 Å². The zero-order valence-electron chi connectivity index (χ0n) is 68.3. The van der Waals surface area contributed by atoms with Gasteiger partial charge >= 0.3 is 39.5 Å². The second kappa shape index (κ2) is 76.4. The minimum absolute atomic E-state index is 0.108. The fourth-order valence-electron chi connectivity index (χ4n) is 13.2. The van der Waals surface area contributed by atoms with Crippen LogP contribution in [0.1, 0.15) is 452 Å². The van der Waals surface area contributed by atoms with Crippen molar-refractivity contribution in [2.24, 2.45) is 11.8 Å². The minimum Gasteiger partial charge on any atom is -0.462 e. The summed E-state index contributed by atoms with van der Waals surface area (Å²) in [6.45, 7) is 9.64. The highest BCUT2D eigenvalue weighted by molar-refractivity contribution is 7.47. The Morgan fingerprint density at radius 2 is 0.442 bits per heavy atom. The molecule has 17 nitrogen and oxygen atoms in total. The third-order valence-corrected chi connectivity index (χ3v) is 21.9. The highest BCUT2D eigenvalue weighted by Gasteiger charge is 2.30. The van der Waals surface area contributed by atoms with Crippen molar-refractivity contribution < 1.29 is 80.2 Å². The predicted molar refractivity (Wildman–Crippen MR) is 428 cm³/mol. The van der Waals surface area contributed by atoms with Gasteiger partial charge in [-0.25, -0.2) is 9.13 Å². The van der Waals surface area contributed by atoms with Crippen LogP contribution in [0.25, 0.3) is 0 Å². The monoisotopic (exact) mass is 1520 g/mol. The van der Waals surface area contributed by atoms with Crippen molar-refractivity contribution in [3.63, 3.8) is 0 Å². The smallest absolute Gasteiger partial charge is 0.462 e. The number of hydrogen-bond donors (Lipinski definition) is 3. The molecule has 0 aromatic heterocycles. The second-order valence-electron chi connectivity index (χ2n) is 31.5. The van der Waals surface area contributed by atoms with E-state index in [2.05, 4.69) is 41.5 Å². The van der Waals surface area contributed by atoms with Crippen LogP contribution in [-0.2, 0) is 65.4 Å². The number of aliphatic hydroxyl groups is 1. The van der Waals surface area contributed by atoms with Crippen molar-refractivity contribution in [3.8, 4) is 0 Å². The number of phosphoric acid groups is 2. The Morgan fingerprint density at radius 3 is 0.654 bits per heavy atom. The third kappa shape index (κ3) is 78.2. The number of rotatable bonds is 84. The summed E-state index contributed by atoms with van der Waals surface area (Å²) >= 11 is 0. The molecule has 0 saturated heterocycles. The molecule has 19 heteroatoms. The van der Waals surface area contributed by atoms with Crippen molar-refractivity contribution >= 4 is 39.5 Å². The largest absolute Gasteiger partial charge is 0.472 e. The van der Waals surface area contributed by atoms with E-state index in [1.54, 1.807) is 0 Å². The number of aliphatic hydroxyl groups excluding tert-OH is 1. The fraction of sp³-hybridized carbons (Fsp3) is 0.953. The zero-order chi connectivity index (χ0) is 76.4. The Balaban J connectivity index is 5.23. The molecule has 0 aromatic rings. The van der Waals surface area contributed by atoms with Gasteiger partial charge in [0.2, 0.25) is 0 Å². The maximum absolute atomic E-state index is 13.1. The molecule has 0 spiro atoms. The molecule has 3 N–H and O–H groups in total. The van der Waals surface area contributed by atoms with E-state index in [1.165, 1.54) is 263 Å². The van der Waals surface area contributed by atoms with E-state index in [0.717, 1.165) is 102 Å². The molecule has 0 bridgehead atoms. The van der Waals surface area contributed by atoms with Gasteiger partial charge < -0.3 is 33.8 Å². The molecule has 0 aliphatic rings. The predicted octanol–water partition coefficient (Wildman–Crippen LogP) is 25.8. The Hall–Kier alpha value is -1.94. The summed E-state index contributed by atoms with van der Waals surface area (Å²) in [5, 5.41) is 10.7. The quantitative estimate of drug-likeness (QED) is 0.0222. The van der Waals surface area contributed by atoms with Gasteiger partial charge in [0.1, 0.15) is 19.3 Å². The lowest BCUT2D eigenvalue weighted by Gasteiger charge is -2.21. The summed E-state index contributed by atoms with van der Waals surface area (Å²) in [4.78, 5) is 73.2. The van der Waals surface area contributed by atoms with Gasteiger partial charge in [0.05, 0.1) is 26.4 Å². The maximum atomic E-state index is 13.1. The van der Waals surface area contributed by atoms with Gasteiger partial charge in [-0.2, -0.15) is 0 Å². The van der Waals surface area contributed by atoms with Crippen LogP contribution in [0, 0.1) is 11.8 Å². The molecule has 618 valence electrons. The summed E-state index contributed by atoms with van der Waals surface area (Å²) in [5.74, 6) is -0.596. The zero-order valence-corrected chi connectivity index (χ0v) is 70.1. The van der Waals surface area contributed by atoms with E-state index in [-0.39, 0.29) is 25.7 Å². The van der Waals surface area contributed by atoms with Crippen molar-refractivity contribution in [1.82, 2.24) is 0 Å². The number of hydrogen-bond acceptors (Lipinski definition) is 15. The average Bonchev–Trinajstić information content (AvgIpc) is 0.906. The van der Waals surface area contributed by atoms with Gasteiger partial charge in [0.15, 0.2) is 12.2 Å².